The lowest BCUT2D eigenvalue weighted by molar-refractivity contribution is 0.756. The molecule has 0 fully saturated rings. The van der Waals surface area contributed by atoms with Gasteiger partial charge < -0.3 is 10.6 Å². The molecule has 0 radical (unpaired) electrons. The van der Waals surface area contributed by atoms with Crippen molar-refractivity contribution in [3.05, 3.63) is 29.3 Å². The first-order chi connectivity index (χ1) is 10.2. The van der Waals surface area contributed by atoms with Crippen LogP contribution in [0.1, 0.15) is 37.1 Å². The Kier molecular flexibility index (Phi) is 5.14. The van der Waals surface area contributed by atoms with Gasteiger partial charge in [0.05, 0.1) is 5.69 Å². The van der Waals surface area contributed by atoms with E-state index in [1.807, 2.05) is 24.9 Å². The molecule has 0 aromatic carbocycles. The summed E-state index contributed by atoms with van der Waals surface area (Å²) >= 11 is 0. The zero-order valence-corrected chi connectivity index (χ0v) is 13.3. The number of anilines is 2. The maximum atomic E-state index is 4.40. The number of nitrogens with one attached hydrogen (secondary N) is 2. The number of aryl methyl sites for hydroxylation is 2. The summed E-state index contributed by atoms with van der Waals surface area (Å²) < 4.78 is 1.84. The second-order valence-electron chi connectivity index (χ2n) is 5.10. The van der Waals surface area contributed by atoms with Gasteiger partial charge in [0.2, 0.25) is 0 Å². The summed E-state index contributed by atoms with van der Waals surface area (Å²) in [5, 5.41) is 11.1. The van der Waals surface area contributed by atoms with Crippen LogP contribution in [0.2, 0.25) is 0 Å². The van der Waals surface area contributed by atoms with Gasteiger partial charge in [-0.1, -0.05) is 13.3 Å². The second-order valence-corrected chi connectivity index (χ2v) is 5.10. The summed E-state index contributed by atoms with van der Waals surface area (Å²) in [6.07, 6.45) is 5.66. The van der Waals surface area contributed by atoms with Crippen LogP contribution < -0.4 is 10.6 Å². The smallest absolute Gasteiger partial charge is 0.134 e. The minimum atomic E-state index is 0.721. The third-order valence-electron chi connectivity index (χ3n) is 3.35. The summed E-state index contributed by atoms with van der Waals surface area (Å²) in [7, 11) is 1.94. The van der Waals surface area contributed by atoms with Gasteiger partial charge in [-0.05, 0) is 20.3 Å². The minimum absolute atomic E-state index is 0.721. The van der Waals surface area contributed by atoms with Crippen molar-refractivity contribution >= 4 is 11.6 Å². The maximum absolute atomic E-state index is 4.40. The molecule has 2 rings (SSSR count). The number of rotatable bonds is 7. The first kappa shape index (κ1) is 15.3. The molecule has 2 aromatic rings. The van der Waals surface area contributed by atoms with Crippen molar-refractivity contribution in [2.24, 2.45) is 7.05 Å². The number of nitrogens with zero attached hydrogens (tertiary/aromatic N) is 4. The molecule has 0 saturated carbocycles. The molecular weight excluding hydrogens is 264 g/mol. The molecule has 0 unspecified atom stereocenters. The quantitative estimate of drug-likeness (QED) is 0.819. The molecule has 0 bridgehead atoms. The highest BCUT2D eigenvalue weighted by atomic mass is 15.3. The van der Waals surface area contributed by atoms with E-state index >= 15 is 0 Å². The van der Waals surface area contributed by atoms with Crippen LogP contribution in [0.25, 0.3) is 0 Å². The Labute approximate surface area is 126 Å². The number of hydrogen-bond acceptors (Lipinski definition) is 5. The maximum Gasteiger partial charge on any atom is 0.134 e. The largest absolute Gasteiger partial charge is 0.370 e. The molecule has 6 heteroatoms. The summed E-state index contributed by atoms with van der Waals surface area (Å²) in [5.74, 6) is 1.84. The van der Waals surface area contributed by atoms with Crippen LogP contribution in [0.3, 0.4) is 0 Å². The SMILES string of the molecule is CCCc1c(NCC)ncnc1NCc1cn(C)nc1C. The molecule has 2 N–H and O–H groups in total. The molecule has 0 aliphatic carbocycles. The molecule has 2 heterocycles. The Hall–Kier alpha value is -2.11. The van der Waals surface area contributed by atoms with Gasteiger partial charge in [0.15, 0.2) is 0 Å². The van der Waals surface area contributed by atoms with E-state index in [1.54, 1.807) is 6.33 Å². The Morgan fingerprint density at radius 3 is 2.43 bits per heavy atom. The van der Waals surface area contributed by atoms with E-state index in [2.05, 4.69) is 39.5 Å². The molecule has 0 amide bonds. The van der Waals surface area contributed by atoms with Crippen molar-refractivity contribution in [2.75, 3.05) is 17.2 Å². The van der Waals surface area contributed by atoms with Gasteiger partial charge >= 0.3 is 0 Å². The lowest BCUT2D eigenvalue weighted by Crippen LogP contribution is -2.10. The van der Waals surface area contributed by atoms with Crippen molar-refractivity contribution in [1.82, 2.24) is 19.7 Å². The highest BCUT2D eigenvalue weighted by Crippen LogP contribution is 2.22. The van der Waals surface area contributed by atoms with Gasteiger partial charge in [0.25, 0.3) is 0 Å². The Morgan fingerprint density at radius 2 is 1.86 bits per heavy atom. The minimum Gasteiger partial charge on any atom is -0.370 e. The third-order valence-corrected chi connectivity index (χ3v) is 3.35. The summed E-state index contributed by atoms with van der Waals surface area (Å²) in [6, 6.07) is 0. The lowest BCUT2D eigenvalue weighted by atomic mass is 10.1. The van der Waals surface area contributed by atoms with Crippen LogP contribution in [0.4, 0.5) is 11.6 Å². The van der Waals surface area contributed by atoms with E-state index in [1.165, 1.54) is 5.56 Å². The van der Waals surface area contributed by atoms with Crippen LogP contribution in [-0.4, -0.2) is 26.3 Å². The molecule has 0 atom stereocenters. The molecule has 6 nitrogen and oxygen atoms in total. The Morgan fingerprint density at radius 1 is 1.14 bits per heavy atom. The normalized spacial score (nSPS) is 10.7. The average molecular weight is 288 g/mol. The monoisotopic (exact) mass is 288 g/mol. The molecule has 21 heavy (non-hydrogen) atoms. The first-order valence-corrected chi connectivity index (χ1v) is 7.46. The van der Waals surface area contributed by atoms with Crippen LogP contribution in [-0.2, 0) is 20.0 Å². The lowest BCUT2D eigenvalue weighted by Gasteiger charge is -2.14. The highest BCUT2D eigenvalue weighted by Gasteiger charge is 2.11. The molecule has 2 aromatic heterocycles. The van der Waals surface area contributed by atoms with Gasteiger partial charge in [-0.3, -0.25) is 4.68 Å². The predicted molar refractivity (Wildman–Crippen MR) is 85.5 cm³/mol. The van der Waals surface area contributed by atoms with Crippen LogP contribution in [0.5, 0.6) is 0 Å². The van der Waals surface area contributed by atoms with E-state index in [0.717, 1.165) is 48.8 Å². The van der Waals surface area contributed by atoms with Crippen molar-refractivity contribution in [3.63, 3.8) is 0 Å². The zero-order chi connectivity index (χ0) is 15.2. The van der Waals surface area contributed by atoms with Crippen molar-refractivity contribution < 1.29 is 0 Å². The molecule has 0 spiro atoms. The second kappa shape index (κ2) is 7.06. The molecule has 114 valence electrons. The van der Waals surface area contributed by atoms with Gasteiger partial charge in [-0.15, -0.1) is 0 Å². The fraction of sp³-hybridized carbons (Fsp3) is 0.533. The fourth-order valence-electron chi connectivity index (χ4n) is 2.37. The molecule has 0 saturated heterocycles. The van der Waals surface area contributed by atoms with Gasteiger partial charge in [-0.25, -0.2) is 9.97 Å². The van der Waals surface area contributed by atoms with Crippen molar-refractivity contribution in [1.29, 1.82) is 0 Å². The topological polar surface area (TPSA) is 67.7 Å². The summed E-state index contributed by atoms with van der Waals surface area (Å²) in [5.41, 5.74) is 3.38. The summed E-state index contributed by atoms with van der Waals surface area (Å²) in [4.78, 5) is 8.75. The van der Waals surface area contributed by atoms with Gasteiger partial charge in [0, 0.05) is 37.5 Å². The van der Waals surface area contributed by atoms with E-state index in [0.29, 0.717) is 0 Å². The molecule has 0 aliphatic heterocycles. The van der Waals surface area contributed by atoms with Crippen molar-refractivity contribution in [2.45, 2.75) is 40.2 Å². The fourth-order valence-corrected chi connectivity index (χ4v) is 2.37. The Bertz CT molecular complexity index is 590. The van der Waals surface area contributed by atoms with Gasteiger partial charge in [0.1, 0.15) is 18.0 Å². The molecular formula is C15H24N6. The highest BCUT2D eigenvalue weighted by molar-refractivity contribution is 5.57. The third kappa shape index (κ3) is 3.71. The predicted octanol–water partition coefficient (Wildman–Crippen LogP) is 2.51. The van der Waals surface area contributed by atoms with Crippen molar-refractivity contribution in [3.8, 4) is 0 Å². The molecule has 0 aliphatic rings. The van der Waals surface area contributed by atoms with E-state index in [9.17, 15) is 0 Å². The van der Waals surface area contributed by atoms with E-state index < -0.39 is 0 Å². The van der Waals surface area contributed by atoms with E-state index in [4.69, 9.17) is 0 Å². The van der Waals surface area contributed by atoms with Crippen LogP contribution >= 0.6 is 0 Å². The van der Waals surface area contributed by atoms with Crippen LogP contribution in [0.15, 0.2) is 12.5 Å². The summed E-state index contributed by atoms with van der Waals surface area (Å²) in [6.45, 7) is 7.84. The number of hydrogen-bond donors (Lipinski definition) is 2. The number of aromatic nitrogens is 4. The first-order valence-electron chi connectivity index (χ1n) is 7.46. The van der Waals surface area contributed by atoms with Gasteiger partial charge in [-0.2, -0.15) is 5.10 Å². The average Bonchev–Trinajstić information content (AvgIpc) is 2.78. The Balaban J connectivity index is 2.18. The van der Waals surface area contributed by atoms with E-state index in [-0.39, 0.29) is 0 Å². The zero-order valence-electron chi connectivity index (χ0n) is 13.3. The standard InChI is InChI=1S/C15H24N6/c1-5-7-13-14(16-6-2)18-10-19-15(13)17-8-12-9-21(4)20-11(12)3/h9-10H,5-8H2,1-4H3,(H2,16,17,18,19). The van der Waals surface area contributed by atoms with Crippen LogP contribution in [0, 0.1) is 6.92 Å².